The molecule has 0 spiro atoms. The maximum atomic E-state index is 12.9. The first-order chi connectivity index (χ1) is 13.0. The first-order valence-electron chi connectivity index (χ1n) is 9.34. The van der Waals surface area contributed by atoms with E-state index in [1.807, 2.05) is 0 Å². The van der Waals surface area contributed by atoms with E-state index in [1.54, 1.807) is 24.3 Å². The number of hydrogen-bond acceptors (Lipinski definition) is 3. The van der Waals surface area contributed by atoms with Crippen molar-refractivity contribution in [2.45, 2.75) is 25.7 Å². The van der Waals surface area contributed by atoms with E-state index in [-0.39, 0.29) is 37.1 Å². The van der Waals surface area contributed by atoms with Crippen molar-refractivity contribution < 1.29 is 27.8 Å². The molecule has 0 amide bonds. The standard InChI is InChI=1S/C22H23ClFNO2.ClH/c23-19-7-3-17(4-8-19)22(27)18-11-14-25(15-12-18)13-1-2-21(26)16-5-9-20(24)10-6-16;/h3-10,18H,1-2,11-15H2;1H. The van der Waals surface area contributed by atoms with Crippen LogP contribution in [0.15, 0.2) is 48.5 Å². The monoisotopic (exact) mass is 423 g/mol. The Balaban J connectivity index is 0.00000210. The smallest absolute Gasteiger partial charge is 1.00 e. The molecule has 0 bridgehead atoms. The predicted octanol–water partition coefficient (Wildman–Crippen LogP) is 2.15. The van der Waals surface area contributed by atoms with Crippen LogP contribution in [0.25, 0.3) is 0 Å². The maximum absolute atomic E-state index is 12.9. The summed E-state index contributed by atoms with van der Waals surface area (Å²) in [6.45, 7) is 2.58. The molecule has 1 aliphatic rings. The van der Waals surface area contributed by atoms with Crippen LogP contribution in [0.5, 0.6) is 0 Å². The molecule has 2 aromatic carbocycles. The first kappa shape index (κ1) is 22.5. The maximum Gasteiger partial charge on any atom is 1.00 e. The number of benzene rings is 2. The Hall–Kier alpha value is -1.75. The van der Waals surface area contributed by atoms with Crippen LogP contribution < -0.4 is 12.4 Å². The van der Waals surface area contributed by atoms with E-state index in [0.29, 0.717) is 17.0 Å². The van der Waals surface area contributed by atoms with Gasteiger partial charge in [-0.1, -0.05) is 11.6 Å². The number of carbonyl (C=O) groups excluding carboxylic acids is 2. The average molecular weight is 424 g/mol. The minimum Gasteiger partial charge on any atom is -1.00 e. The highest BCUT2D eigenvalue weighted by Gasteiger charge is 2.25. The van der Waals surface area contributed by atoms with Crippen LogP contribution in [0, 0.1) is 11.7 Å². The zero-order valence-electron chi connectivity index (χ0n) is 16.5. The summed E-state index contributed by atoms with van der Waals surface area (Å²) in [6.07, 6.45) is 2.90. The van der Waals surface area contributed by atoms with Crippen LogP contribution in [-0.4, -0.2) is 36.1 Å². The lowest BCUT2D eigenvalue weighted by molar-refractivity contribution is -0.0000222. The highest BCUT2D eigenvalue weighted by molar-refractivity contribution is 6.30. The second-order valence-electron chi connectivity index (χ2n) is 7.02. The molecule has 6 heteroatoms. The van der Waals surface area contributed by atoms with Gasteiger partial charge in [-0.15, -0.1) is 0 Å². The third kappa shape index (κ3) is 6.13. The number of nitrogens with zero attached hydrogens (tertiary/aromatic N) is 1. The molecule has 0 aliphatic carbocycles. The van der Waals surface area contributed by atoms with E-state index in [2.05, 4.69) is 4.90 Å². The van der Waals surface area contributed by atoms with Crippen molar-refractivity contribution in [2.24, 2.45) is 5.92 Å². The van der Waals surface area contributed by atoms with Gasteiger partial charge in [0.25, 0.3) is 0 Å². The summed E-state index contributed by atoms with van der Waals surface area (Å²) in [5, 5.41) is 0.636. The largest absolute Gasteiger partial charge is 1.00 e. The molecule has 0 saturated carbocycles. The van der Waals surface area contributed by atoms with Gasteiger partial charge in [0.2, 0.25) is 0 Å². The fourth-order valence-corrected chi connectivity index (χ4v) is 3.64. The van der Waals surface area contributed by atoms with E-state index >= 15 is 0 Å². The minimum absolute atomic E-state index is 0. The highest BCUT2D eigenvalue weighted by atomic mass is 35.5. The second kappa shape index (κ2) is 10.7. The van der Waals surface area contributed by atoms with Crippen LogP contribution in [0.2, 0.25) is 5.02 Å². The lowest BCUT2D eigenvalue weighted by atomic mass is 9.89. The fraction of sp³-hybridized carbons (Fsp3) is 0.364. The van der Waals surface area contributed by atoms with Gasteiger partial charge in [-0.2, -0.15) is 0 Å². The molecule has 0 atom stereocenters. The van der Waals surface area contributed by atoms with E-state index < -0.39 is 0 Å². The van der Waals surface area contributed by atoms with E-state index in [0.717, 1.165) is 44.5 Å². The van der Waals surface area contributed by atoms with Crippen molar-refractivity contribution in [3.8, 4) is 0 Å². The Kier molecular flexibility index (Phi) is 8.61. The van der Waals surface area contributed by atoms with Crippen molar-refractivity contribution in [3.05, 3.63) is 70.5 Å². The highest BCUT2D eigenvalue weighted by Crippen LogP contribution is 2.23. The summed E-state index contributed by atoms with van der Waals surface area (Å²) in [5.74, 6) is -0.0357. The Morgan fingerprint density at radius 1 is 1.00 bits per heavy atom. The van der Waals surface area contributed by atoms with Gasteiger partial charge in [0.15, 0.2) is 11.6 Å². The quantitative estimate of drug-likeness (QED) is 0.640. The Morgan fingerprint density at radius 2 is 1.57 bits per heavy atom. The predicted molar refractivity (Wildman–Crippen MR) is 106 cm³/mol. The number of Topliss-reactive ketones (excluding diaryl/α,β-unsaturated/α-hetero) is 2. The molecule has 150 valence electrons. The molecule has 3 nitrogen and oxygen atoms in total. The summed E-state index contributed by atoms with van der Waals surface area (Å²) < 4.78 is 12.9. The minimum atomic E-state index is -0.331. The van der Waals surface area contributed by atoms with Crippen molar-refractivity contribution in [1.82, 2.24) is 4.90 Å². The van der Waals surface area contributed by atoms with Crippen molar-refractivity contribution in [3.63, 3.8) is 0 Å². The number of likely N-dealkylation sites (tertiary alicyclic amines) is 1. The second-order valence-corrected chi connectivity index (χ2v) is 7.46. The first-order valence-corrected chi connectivity index (χ1v) is 9.71. The fourth-order valence-electron chi connectivity index (χ4n) is 3.51. The molecule has 2 aromatic rings. The third-order valence-electron chi connectivity index (χ3n) is 5.13. The summed E-state index contributed by atoms with van der Waals surface area (Å²) in [4.78, 5) is 27.0. The molecular weight excluding hydrogens is 400 g/mol. The summed E-state index contributed by atoms with van der Waals surface area (Å²) in [5.41, 5.74) is 1.28. The number of carbonyl (C=O) groups is 2. The molecule has 1 heterocycles. The Bertz CT molecular complexity index is 789. The van der Waals surface area contributed by atoms with Gasteiger partial charge in [0.1, 0.15) is 5.82 Å². The third-order valence-corrected chi connectivity index (χ3v) is 5.38. The van der Waals surface area contributed by atoms with Gasteiger partial charge in [0, 0.05) is 28.5 Å². The van der Waals surface area contributed by atoms with Gasteiger partial charge in [-0.25, -0.2) is 4.39 Å². The number of hydrogen-bond donors (Lipinski definition) is 0. The Morgan fingerprint density at radius 3 is 2.18 bits per heavy atom. The lowest BCUT2D eigenvalue weighted by Gasteiger charge is -2.31. The number of halogens is 3. The lowest BCUT2D eigenvalue weighted by Crippen LogP contribution is -3.00. The molecule has 0 unspecified atom stereocenters. The molecule has 1 saturated heterocycles. The van der Waals surface area contributed by atoms with E-state index in [1.165, 1.54) is 24.3 Å². The average Bonchev–Trinajstić information content (AvgIpc) is 2.69. The molecule has 28 heavy (non-hydrogen) atoms. The molecule has 0 aromatic heterocycles. The van der Waals surface area contributed by atoms with Gasteiger partial charge in [-0.3, -0.25) is 9.59 Å². The Labute approximate surface area is 177 Å². The number of ketones is 2. The normalized spacial score (nSPS) is 15.1. The van der Waals surface area contributed by atoms with E-state index in [9.17, 15) is 14.0 Å². The van der Waals surface area contributed by atoms with Gasteiger partial charge in [0.05, 0.1) is 0 Å². The SMILES string of the molecule is O=C(CCCN1CCC(C(=O)c2ccc(Cl)cc2)CC1)c1ccc(F)cc1.[Cl-].[H+]. The van der Waals surface area contributed by atoms with Crippen molar-refractivity contribution in [1.29, 1.82) is 0 Å². The molecule has 0 N–H and O–H groups in total. The summed E-state index contributed by atoms with van der Waals surface area (Å²) >= 11 is 5.88. The van der Waals surface area contributed by atoms with Crippen LogP contribution in [0.4, 0.5) is 4.39 Å². The van der Waals surface area contributed by atoms with Crippen LogP contribution in [0.1, 0.15) is 47.8 Å². The summed E-state index contributed by atoms with van der Waals surface area (Å²) in [7, 11) is 0. The van der Waals surface area contributed by atoms with Crippen molar-refractivity contribution >= 4 is 23.2 Å². The van der Waals surface area contributed by atoms with Gasteiger partial charge in [-0.05, 0) is 87.4 Å². The van der Waals surface area contributed by atoms with Crippen LogP contribution >= 0.6 is 11.6 Å². The molecule has 1 fully saturated rings. The van der Waals surface area contributed by atoms with Gasteiger partial charge < -0.3 is 17.3 Å². The van der Waals surface area contributed by atoms with Crippen LogP contribution in [0.3, 0.4) is 0 Å². The number of piperidine rings is 1. The van der Waals surface area contributed by atoms with E-state index in [4.69, 9.17) is 11.6 Å². The van der Waals surface area contributed by atoms with Crippen molar-refractivity contribution in [2.75, 3.05) is 19.6 Å². The number of rotatable bonds is 7. The molecular formula is C22H24Cl2FNO2. The molecule has 1 aliphatic heterocycles. The topological polar surface area (TPSA) is 37.4 Å². The molecule has 3 rings (SSSR count). The van der Waals surface area contributed by atoms with Gasteiger partial charge >= 0.3 is 1.43 Å². The summed E-state index contributed by atoms with van der Waals surface area (Å²) in [6, 6.07) is 12.8. The zero-order chi connectivity index (χ0) is 19.2. The van der Waals surface area contributed by atoms with Crippen LogP contribution in [-0.2, 0) is 0 Å². The molecule has 0 radical (unpaired) electrons. The zero-order valence-corrected chi connectivity index (χ0v) is 17.1.